The Labute approximate surface area is 193 Å². The van der Waals surface area contributed by atoms with E-state index in [1.807, 2.05) is 29.2 Å². The lowest BCUT2D eigenvalue weighted by atomic mass is 10.1. The van der Waals surface area contributed by atoms with Crippen LogP contribution < -0.4 is 10.2 Å². The highest BCUT2D eigenvalue weighted by Crippen LogP contribution is 2.35. The number of carbonyl (C=O) groups is 1. The number of nitro groups is 1. The van der Waals surface area contributed by atoms with Crippen molar-refractivity contribution < 1.29 is 19.2 Å². The highest BCUT2D eigenvalue weighted by Gasteiger charge is 2.31. The van der Waals surface area contributed by atoms with Gasteiger partial charge in [0.05, 0.1) is 11.5 Å². The van der Waals surface area contributed by atoms with Crippen molar-refractivity contribution in [2.75, 3.05) is 29.9 Å². The molecular weight excluding hydrogens is 426 g/mol. The first kappa shape index (κ1) is 24.2. The lowest BCUT2D eigenvalue weighted by Gasteiger charge is -2.31. The number of piperidine rings is 1. The Hall–Kier alpha value is -3.43. The van der Waals surface area contributed by atoms with Crippen LogP contribution in [-0.2, 0) is 15.9 Å². The van der Waals surface area contributed by atoms with Crippen LogP contribution in [0, 0.1) is 10.1 Å². The molecule has 0 spiro atoms. The number of hydrogen-bond donors (Lipinski definition) is 1. The summed E-state index contributed by atoms with van der Waals surface area (Å²) >= 11 is 0. The summed E-state index contributed by atoms with van der Waals surface area (Å²) in [6, 6.07) is 7.87. The van der Waals surface area contributed by atoms with Gasteiger partial charge in [-0.1, -0.05) is 31.9 Å². The molecule has 178 valence electrons. The maximum absolute atomic E-state index is 11.9. The van der Waals surface area contributed by atoms with Gasteiger partial charge in [0.15, 0.2) is 0 Å². The van der Waals surface area contributed by atoms with Crippen molar-refractivity contribution in [2.24, 2.45) is 0 Å². The molecule has 0 unspecified atom stereocenters. The van der Waals surface area contributed by atoms with Gasteiger partial charge >= 0.3 is 11.8 Å². The average Bonchev–Trinajstić information content (AvgIpc) is 2.81. The molecule has 1 fully saturated rings. The zero-order valence-corrected chi connectivity index (χ0v) is 19.2. The van der Waals surface area contributed by atoms with Crippen LogP contribution in [0.2, 0.25) is 0 Å². The van der Waals surface area contributed by atoms with Gasteiger partial charge in [-0.15, -0.1) is 0 Å². The van der Waals surface area contributed by atoms with Crippen LogP contribution in [0.4, 0.5) is 27.8 Å². The van der Waals surface area contributed by atoms with E-state index in [2.05, 4.69) is 22.2 Å². The Morgan fingerprint density at radius 2 is 1.91 bits per heavy atom. The van der Waals surface area contributed by atoms with Crippen molar-refractivity contribution in [1.82, 2.24) is 9.97 Å². The summed E-state index contributed by atoms with van der Waals surface area (Å²) in [5.74, 6) is 0.400. The number of rotatable bonds is 10. The summed E-state index contributed by atoms with van der Waals surface area (Å²) in [6.07, 6.45) is 5.95. The number of ether oxygens (including phenoxy) is 2. The Bertz CT molecular complexity index is 929. The standard InChI is InChI=1S/C23H31N5O5/c1-3-5-6-7-17-8-10-18(11-9-17)26-21-20(28(30)31)22(25-16-24-21)27-14-12-19(13-15-27)33-23(29)32-4-2/h8-11,16,19H,3-7,12-15H2,1-2H3,(H,24,25,26). The van der Waals surface area contributed by atoms with Gasteiger partial charge in [-0.3, -0.25) is 10.1 Å². The Balaban J connectivity index is 1.69. The number of benzene rings is 1. The largest absolute Gasteiger partial charge is 0.508 e. The number of carbonyl (C=O) groups excluding carboxylic acids is 1. The maximum atomic E-state index is 11.9. The molecule has 1 saturated heterocycles. The molecule has 3 rings (SSSR count). The smallest absolute Gasteiger partial charge is 0.435 e. The van der Waals surface area contributed by atoms with Gasteiger partial charge in [0, 0.05) is 31.6 Å². The molecule has 1 aliphatic heterocycles. The number of aryl methyl sites for hydroxylation is 1. The fraction of sp³-hybridized carbons (Fsp3) is 0.522. The number of aromatic nitrogens is 2. The predicted octanol–water partition coefficient (Wildman–Crippen LogP) is 5.00. The molecule has 10 nitrogen and oxygen atoms in total. The highest BCUT2D eigenvalue weighted by molar-refractivity contribution is 5.74. The van der Waals surface area contributed by atoms with E-state index in [9.17, 15) is 14.9 Å². The molecule has 33 heavy (non-hydrogen) atoms. The third-order valence-electron chi connectivity index (χ3n) is 5.54. The van der Waals surface area contributed by atoms with Crippen molar-refractivity contribution in [3.63, 3.8) is 0 Å². The van der Waals surface area contributed by atoms with Crippen LogP contribution in [0.15, 0.2) is 30.6 Å². The summed E-state index contributed by atoms with van der Waals surface area (Å²) in [6.45, 7) is 5.07. The number of unbranched alkanes of at least 4 members (excludes halogenated alkanes) is 2. The van der Waals surface area contributed by atoms with Crippen LogP contribution in [-0.4, -0.2) is 46.8 Å². The van der Waals surface area contributed by atoms with Crippen molar-refractivity contribution in [2.45, 2.75) is 58.5 Å². The van der Waals surface area contributed by atoms with Crippen LogP contribution in [0.1, 0.15) is 51.5 Å². The van der Waals surface area contributed by atoms with E-state index in [1.165, 1.54) is 24.7 Å². The monoisotopic (exact) mass is 457 g/mol. The van der Waals surface area contributed by atoms with E-state index in [-0.39, 0.29) is 30.0 Å². The molecule has 0 radical (unpaired) electrons. The summed E-state index contributed by atoms with van der Waals surface area (Å²) < 4.78 is 10.1. The van der Waals surface area contributed by atoms with Gasteiger partial charge in [0.1, 0.15) is 12.4 Å². The van der Waals surface area contributed by atoms with Crippen molar-refractivity contribution in [3.8, 4) is 0 Å². The maximum Gasteiger partial charge on any atom is 0.508 e. The van der Waals surface area contributed by atoms with E-state index < -0.39 is 11.1 Å². The van der Waals surface area contributed by atoms with Crippen molar-refractivity contribution in [3.05, 3.63) is 46.3 Å². The van der Waals surface area contributed by atoms with E-state index in [0.29, 0.717) is 25.9 Å². The molecule has 1 aromatic heterocycles. The van der Waals surface area contributed by atoms with Crippen molar-refractivity contribution >= 4 is 29.2 Å². The SMILES string of the molecule is CCCCCc1ccc(Nc2ncnc(N3CCC(OC(=O)OCC)CC3)c2[N+](=O)[O-])cc1. The first-order valence-electron chi connectivity index (χ1n) is 11.5. The summed E-state index contributed by atoms with van der Waals surface area (Å²) in [5.41, 5.74) is 1.79. The average molecular weight is 458 g/mol. The second kappa shape index (κ2) is 12.0. The minimum absolute atomic E-state index is 0.147. The lowest BCUT2D eigenvalue weighted by Crippen LogP contribution is -2.38. The summed E-state index contributed by atoms with van der Waals surface area (Å²) in [5, 5.41) is 15.0. The molecule has 0 atom stereocenters. The number of nitrogens with one attached hydrogen (secondary N) is 1. The fourth-order valence-corrected chi connectivity index (χ4v) is 3.80. The Morgan fingerprint density at radius 1 is 1.18 bits per heavy atom. The molecule has 2 heterocycles. The molecule has 1 aliphatic rings. The fourth-order valence-electron chi connectivity index (χ4n) is 3.80. The van der Waals surface area contributed by atoms with Crippen LogP contribution >= 0.6 is 0 Å². The number of anilines is 3. The van der Waals surface area contributed by atoms with E-state index in [1.54, 1.807) is 6.92 Å². The zero-order valence-electron chi connectivity index (χ0n) is 19.2. The van der Waals surface area contributed by atoms with Crippen LogP contribution in [0.25, 0.3) is 0 Å². The van der Waals surface area contributed by atoms with Gasteiger partial charge < -0.3 is 19.7 Å². The second-order valence-electron chi connectivity index (χ2n) is 7.92. The number of hydrogen-bond acceptors (Lipinski definition) is 9. The van der Waals surface area contributed by atoms with Gasteiger partial charge in [-0.2, -0.15) is 0 Å². The van der Waals surface area contributed by atoms with E-state index in [0.717, 1.165) is 18.5 Å². The molecule has 0 amide bonds. The van der Waals surface area contributed by atoms with E-state index >= 15 is 0 Å². The molecule has 1 N–H and O–H groups in total. The molecular formula is C23H31N5O5. The molecule has 0 saturated carbocycles. The lowest BCUT2D eigenvalue weighted by molar-refractivity contribution is -0.383. The van der Waals surface area contributed by atoms with Gasteiger partial charge in [-0.25, -0.2) is 14.8 Å². The first-order chi connectivity index (χ1) is 16.0. The van der Waals surface area contributed by atoms with Gasteiger partial charge in [0.2, 0.25) is 11.6 Å². The first-order valence-corrected chi connectivity index (χ1v) is 11.5. The van der Waals surface area contributed by atoms with Gasteiger partial charge in [-0.05, 0) is 37.5 Å². The number of nitrogens with zero attached hydrogens (tertiary/aromatic N) is 4. The van der Waals surface area contributed by atoms with Crippen molar-refractivity contribution in [1.29, 1.82) is 0 Å². The minimum Gasteiger partial charge on any atom is -0.435 e. The summed E-state index contributed by atoms with van der Waals surface area (Å²) in [4.78, 5) is 33.2. The van der Waals surface area contributed by atoms with Crippen LogP contribution in [0.5, 0.6) is 0 Å². The minimum atomic E-state index is -0.688. The second-order valence-corrected chi connectivity index (χ2v) is 7.92. The molecule has 10 heteroatoms. The highest BCUT2D eigenvalue weighted by atomic mass is 16.7. The molecule has 2 aromatic rings. The van der Waals surface area contributed by atoms with E-state index in [4.69, 9.17) is 9.47 Å². The third kappa shape index (κ3) is 6.77. The predicted molar refractivity (Wildman–Crippen MR) is 125 cm³/mol. The Kier molecular flexibility index (Phi) is 8.79. The van der Waals surface area contributed by atoms with Crippen LogP contribution in [0.3, 0.4) is 0 Å². The normalized spacial score (nSPS) is 14.1. The summed E-state index contributed by atoms with van der Waals surface area (Å²) in [7, 11) is 0. The van der Waals surface area contributed by atoms with Gasteiger partial charge in [0.25, 0.3) is 0 Å². The zero-order chi connectivity index (χ0) is 23.6. The molecule has 0 bridgehead atoms. The molecule has 0 aliphatic carbocycles. The quantitative estimate of drug-likeness (QED) is 0.227. The Morgan fingerprint density at radius 3 is 2.55 bits per heavy atom. The molecule has 1 aromatic carbocycles. The third-order valence-corrected chi connectivity index (χ3v) is 5.54. The topological polar surface area (TPSA) is 120 Å².